The summed E-state index contributed by atoms with van der Waals surface area (Å²) < 4.78 is 10.5. The standard InChI is InChI=1S/C30H49N5O9/c1-27(2,3)30(28(4,5)6,35-24(39)40)21(17-32-23(37)38)34-22(36)20(33-26(42)44-29(7,8)9)15-16-31-25(41)43-18-19-13-11-10-12-14-19/h10-14,20-21,32,35H,15-18H2,1-9H3,(H,31,41)(H,33,42)(H,34,36)(H,37,38)(H,39,40)/t20-,21?/m0/s1. The fourth-order valence-electron chi connectivity index (χ4n) is 5.39. The van der Waals surface area contributed by atoms with Crippen LogP contribution in [0.1, 0.15) is 74.3 Å². The average molecular weight is 624 g/mol. The van der Waals surface area contributed by atoms with Gasteiger partial charge in [0.1, 0.15) is 18.2 Å². The molecule has 0 aliphatic carbocycles. The molecule has 1 aromatic rings. The number of hydrogen-bond donors (Lipinski definition) is 7. The number of ether oxygens (including phenoxy) is 2. The van der Waals surface area contributed by atoms with Crippen LogP contribution >= 0.6 is 0 Å². The molecule has 0 fully saturated rings. The lowest BCUT2D eigenvalue weighted by atomic mass is 9.56. The summed E-state index contributed by atoms with van der Waals surface area (Å²) in [6.07, 6.45) is -4.48. The van der Waals surface area contributed by atoms with E-state index in [2.05, 4.69) is 26.6 Å². The Morgan fingerprint density at radius 1 is 0.773 bits per heavy atom. The van der Waals surface area contributed by atoms with Gasteiger partial charge in [0, 0.05) is 13.1 Å². The van der Waals surface area contributed by atoms with Crippen LogP contribution in [0.15, 0.2) is 30.3 Å². The number of carbonyl (C=O) groups excluding carboxylic acids is 3. The maximum Gasteiger partial charge on any atom is 0.408 e. The van der Waals surface area contributed by atoms with Crippen molar-refractivity contribution in [3.8, 4) is 0 Å². The van der Waals surface area contributed by atoms with Gasteiger partial charge in [0.2, 0.25) is 5.91 Å². The number of alkyl carbamates (subject to hydrolysis) is 2. The first-order chi connectivity index (χ1) is 20.1. The molecule has 1 rings (SSSR count). The van der Waals surface area contributed by atoms with Gasteiger partial charge in [-0.15, -0.1) is 0 Å². The molecule has 248 valence electrons. The quantitative estimate of drug-likeness (QED) is 0.179. The minimum atomic E-state index is -1.43. The molecule has 0 bridgehead atoms. The molecule has 0 aromatic heterocycles. The molecule has 0 saturated carbocycles. The summed E-state index contributed by atoms with van der Waals surface area (Å²) in [6.45, 7) is 15.2. The van der Waals surface area contributed by atoms with Crippen LogP contribution in [-0.2, 0) is 20.9 Å². The zero-order chi connectivity index (χ0) is 33.9. The Hall–Kier alpha value is -4.23. The van der Waals surface area contributed by atoms with Crippen LogP contribution in [0.25, 0.3) is 0 Å². The second-order valence-electron chi connectivity index (χ2n) is 13.5. The Bertz CT molecular complexity index is 1120. The number of carbonyl (C=O) groups is 5. The molecular formula is C30H49N5O9. The smallest absolute Gasteiger partial charge is 0.408 e. The van der Waals surface area contributed by atoms with E-state index in [9.17, 15) is 34.2 Å². The van der Waals surface area contributed by atoms with Crippen molar-refractivity contribution in [2.75, 3.05) is 13.1 Å². The monoisotopic (exact) mass is 623 g/mol. The molecule has 0 aliphatic heterocycles. The maximum absolute atomic E-state index is 13.8. The van der Waals surface area contributed by atoms with E-state index in [4.69, 9.17) is 9.47 Å². The normalized spacial score (nSPS) is 13.5. The molecule has 14 nitrogen and oxygen atoms in total. The molecule has 7 N–H and O–H groups in total. The van der Waals surface area contributed by atoms with E-state index < -0.39 is 64.3 Å². The van der Waals surface area contributed by atoms with Crippen LogP contribution < -0.4 is 26.6 Å². The summed E-state index contributed by atoms with van der Waals surface area (Å²) in [5.74, 6) is -0.752. The number of carboxylic acid groups (broad SMARTS) is 2. The van der Waals surface area contributed by atoms with E-state index in [1.807, 2.05) is 6.07 Å². The van der Waals surface area contributed by atoms with Crippen molar-refractivity contribution in [2.24, 2.45) is 10.8 Å². The van der Waals surface area contributed by atoms with Gasteiger partial charge in [-0.05, 0) is 43.6 Å². The van der Waals surface area contributed by atoms with Gasteiger partial charge in [-0.2, -0.15) is 0 Å². The number of hydrogen-bond acceptors (Lipinski definition) is 7. The number of rotatable bonds is 12. The van der Waals surface area contributed by atoms with E-state index in [-0.39, 0.29) is 26.1 Å². The third-order valence-electron chi connectivity index (χ3n) is 6.89. The van der Waals surface area contributed by atoms with Gasteiger partial charge in [-0.1, -0.05) is 71.9 Å². The minimum Gasteiger partial charge on any atom is -0.465 e. The Morgan fingerprint density at radius 3 is 1.82 bits per heavy atom. The number of nitrogens with one attached hydrogen (secondary N) is 5. The van der Waals surface area contributed by atoms with Gasteiger partial charge in [-0.3, -0.25) is 4.79 Å². The fourth-order valence-corrected chi connectivity index (χ4v) is 5.39. The van der Waals surface area contributed by atoms with Crippen LogP contribution in [0.4, 0.5) is 19.2 Å². The van der Waals surface area contributed by atoms with Crippen LogP contribution in [0.2, 0.25) is 0 Å². The zero-order valence-electron chi connectivity index (χ0n) is 27.1. The van der Waals surface area contributed by atoms with Gasteiger partial charge < -0.3 is 46.3 Å². The van der Waals surface area contributed by atoms with Crippen molar-refractivity contribution in [1.29, 1.82) is 0 Å². The van der Waals surface area contributed by atoms with Crippen molar-refractivity contribution < 1.29 is 43.7 Å². The van der Waals surface area contributed by atoms with Gasteiger partial charge in [0.15, 0.2) is 0 Å². The molecule has 0 heterocycles. The molecule has 2 atom stereocenters. The Labute approximate surface area is 259 Å². The lowest BCUT2D eigenvalue weighted by Gasteiger charge is -2.57. The van der Waals surface area contributed by atoms with Gasteiger partial charge in [-0.25, -0.2) is 19.2 Å². The van der Waals surface area contributed by atoms with Gasteiger partial charge >= 0.3 is 24.4 Å². The lowest BCUT2D eigenvalue weighted by Crippen LogP contribution is -2.76. The van der Waals surface area contributed by atoms with Gasteiger partial charge in [0.05, 0.1) is 11.6 Å². The molecule has 0 radical (unpaired) electrons. The average Bonchev–Trinajstić information content (AvgIpc) is 2.85. The van der Waals surface area contributed by atoms with Crippen molar-refractivity contribution >= 4 is 30.3 Å². The fraction of sp³-hybridized carbons (Fsp3) is 0.633. The van der Waals surface area contributed by atoms with Crippen LogP contribution in [-0.4, -0.2) is 76.8 Å². The van der Waals surface area contributed by atoms with E-state index in [1.54, 1.807) is 86.6 Å². The summed E-state index contributed by atoms with van der Waals surface area (Å²) in [4.78, 5) is 62.4. The number of benzene rings is 1. The van der Waals surface area contributed by atoms with Crippen molar-refractivity contribution in [2.45, 2.75) is 98.6 Å². The number of amides is 5. The lowest BCUT2D eigenvalue weighted by molar-refractivity contribution is -0.126. The SMILES string of the molecule is CC(C)(C)OC(=O)N[C@@H](CCNC(=O)OCc1ccccc1)C(=O)NC(CNC(=O)O)C(NC(=O)O)(C(C)(C)C)C(C)(C)C. The largest absolute Gasteiger partial charge is 0.465 e. The molecule has 0 spiro atoms. The summed E-state index contributed by atoms with van der Waals surface area (Å²) in [6, 6.07) is 6.63. The summed E-state index contributed by atoms with van der Waals surface area (Å²) >= 11 is 0. The molecule has 1 unspecified atom stereocenters. The highest BCUT2D eigenvalue weighted by Gasteiger charge is 2.57. The van der Waals surface area contributed by atoms with Crippen molar-refractivity contribution in [3.63, 3.8) is 0 Å². The van der Waals surface area contributed by atoms with Crippen molar-refractivity contribution in [1.82, 2.24) is 26.6 Å². The highest BCUT2D eigenvalue weighted by molar-refractivity contribution is 5.86. The predicted octanol–water partition coefficient (Wildman–Crippen LogP) is 4.05. The molecule has 5 amide bonds. The van der Waals surface area contributed by atoms with Crippen molar-refractivity contribution in [3.05, 3.63) is 35.9 Å². The first-order valence-electron chi connectivity index (χ1n) is 14.3. The molecule has 0 saturated heterocycles. The Morgan fingerprint density at radius 2 is 1.34 bits per heavy atom. The Balaban J connectivity index is 3.31. The summed E-state index contributed by atoms with van der Waals surface area (Å²) in [7, 11) is 0. The summed E-state index contributed by atoms with van der Waals surface area (Å²) in [5.41, 5.74) is -3.25. The van der Waals surface area contributed by atoms with Crippen LogP contribution in [0.3, 0.4) is 0 Å². The maximum atomic E-state index is 13.8. The second-order valence-corrected chi connectivity index (χ2v) is 13.5. The molecule has 1 aromatic carbocycles. The van der Waals surface area contributed by atoms with Crippen LogP contribution in [0.5, 0.6) is 0 Å². The highest BCUT2D eigenvalue weighted by Crippen LogP contribution is 2.46. The second kappa shape index (κ2) is 15.5. The third-order valence-corrected chi connectivity index (χ3v) is 6.89. The zero-order valence-corrected chi connectivity index (χ0v) is 27.1. The van der Waals surface area contributed by atoms with Crippen LogP contribution in [0, 0.1) is 10.8 Å². The summed E-state index contributed by atoms with van der Waals surface area (Å²) in [5, 5.41) is 31.9. The van der Waals surface area contributed by atoms with E-state index in [0.717, 1.165) is 5.56 Å². The first kappa shape index (κ1) is 37.8. The third kappa shape index (κ3) is 11.8. The van der Waals surface area contributed by atoms with E-state index in [0.29, 0.717) is 0 Å². The highest BCUT2D eigenvalue weighted by atomic mass is 16.6. The molecular weight excluding hydrogens is 574 g/mol. The molecule has 44 heavy (non-hydrogen) atoms. The van der Waals surface area contributed by atoms with E-state index >= 15 is 0 Å². The first-order valence-corrected chi connectivity index (χ1v) is 14.3. The van der Waals surface area contributed by atoms with Gasteiger partial charge in [0.25, 0.3) is 0 Å². The molecule has 14 heteroatoms. The van der Waals surface area contributed by atoms with E-state index in [1.165, 1.54) is 0 Å². The minimum absolute atomic E-state index is 0.0310. The predicted molar refractivity (Wildman–Crippen MR) is 163 cm³/mol. The Kier molecular flexibility index (Phi) is 13.3. The topological polar surface area (TPSA) is 204 Å². The molecule has 0 aliphatic rings.